The van der Waals surface area contributed by atoms with Gasteiger partial charge in [0.2, 0.25) is 0 Å². The second-order valence-electron chi connectivity index (χ2n) is 5.02. The van der Waals surface area contributed by atoms with E-state index in [1.165, 1.54) is 0 Å². The number of aliphatic hydroxyl groups excluding tert-OH is 1. The molecule has 1 unspecified atom stereocenters. The number of hydrogen-bond donors (Lipinski definition) is 1. The molecule has 104 valence electrons. The third-order valence-electron chi connectivity index (χ3n) is 3.00. The van der Waals surface area contributed by atoms with Crippen molar-refractivity contribution in [1.82, 2.24) is 4.90 Å². The van der Waals surface area contributed by atoms with Crippen LogP contribution in [0.2, 0.25) is 0 Å². The van der Waals surface area contributed by atoms with Crippen LogP contribution in [0.1, 0.15) is 31.9 Å². The van der Waals surface area contributed by atoms with E-state index in [2.05, 4.69) is 24.8 Å². The van der Waals surface area contributed by atoms with Crippen molar-refractivity contribution in [2.24, 2.45) is 0 Å². The molecule has 4 nitrogen and oxygen atoms in total. The van der Waals surface area contributed by atoms with Crippen LogP contribution in [0, 0.1) is 11.3 Å². The lowest BCUT2D eigenvalue weighted by Gasteiger charge is -2.27. The molecule has 0 saturated carbocycles. The van der Waals surface area contributed by atoms with E-state index >= 15 is 0 Å². The molecular formula is C15H22N2O2. The van der Waals surface area contributed by atoms with E-state index in [1.807, 2.05) is 18.2 Å². The SMILES string of the molecule is COc1ccc(CN(CC(C)O)C(C)C)cc1C#N. The molecule has 0 radical (unpaired) electrons. The fourth-order valence-electron chi connectivity index (χ4n) is 1.97. The number of nitriles is 1. The van der Waals surface area contributed by atoms with Crippen LogP contribution < -0.4 is 4.74 Å². The highest BCUT2D eigenvalue weighted by Crippen LogP contribution is 2.20. The maximum atomic E-state index is 9.52. The zero-order chi connectivity index (χ0) is 14.4. The van der Waals surface area contributed by atoms with Gasteiger partial charge in [0, 0.05) is 19.1 Å². The molecule has 0 saturated heterocycles. The van der Waals surface area contributed by atoms with Gasteiger partial charge >= 0.3 is 0 Å². The quantitative estimate of drug-likeness (QED) is 0.853. The number of methoxy groups -OCH3 is 1. The van der Waals surface area contributed by atoms with Gasteiger partial charge in [0.25, 0.3) is 0 Å². The van der Waals surface area contributed by atoms with Crippen LogP contribution in [-0.4, -0.2) is 35.8 Å². The van der Waals surface area contributed by atoms with Gasteiger partial charge in [-0.2, -0.15) is 5.26 Å². The van der Waals surface area contributed by atoms with Crippen LogP contribution in [0.15, 0.2) is 18.2 Å². The monoisotopic (exact) mass is 262 g/mol. The Hall–Kier alpha value is -1.57. The summed E-state index contributed by atoms with van der Waals surface area (Å²) in [5.74, 6) is 0.595. The fraction of sp³-hybridized carbons (Fsp3) is 0.533. The average molecular weight is 262 g/mol. The summed E-state index contributed by atoms with van der Waals surface area (Å²) in [5, 5.41) is 18.6. The summed E-state index contributed by atoms with van der Waals surface area (Å²) in [6.45, 7) is 7.30. The smallest absolute Gasteiger partial charge is 0.136 e. The Morgan fingerprint density at radius 3 is 2.53 bits per heavy atom. The maximum Gasteiger partial charge on any atom is 0.136 e. The number of nitrogens with zero attached hydrogens (tertiary/aromatic N) is 2. The average Bonchev–Trinajstić information content (AvgIpc) is 2.37. The van der Waals surface area contributed by atoms with Gasteiger partial charge < -0.3 is 9.84 Å². The van der Waals surface area contributed by atoms with Crippen molar-refractivity contribution in [1.29, 1.82) is 5.26 Å². The molecule has 1 aromatic rings. The van der Waals surface area contributed by atoms with Gasteiger partial charge in [-0.05, 0) is 38.5 Å². The molecule has 0 fully saturated rings. The molecule has 19 heavy (non-hydrogen) atoms. The molecule has 1 atom stereocenters. The first-order chi connectivity index (χ1) is 8.97. The number of hydrogen-bond acceptors (Lipinski definition) is 4. The predicted octanol–water partition coefficient (Wildman–Crippen LogP) is 2.16. The molecular weight excluding hydrogens is 240 g/mol. The van der Waals surface area contributed by atoms with Gasteiger partial charge in [-0.15, -0.1) is 0 Å². The Kier molecular flexibility index (Phi) is 5.81. The normalized spacial score (nSPS) is 12.5. The second-order valence-corrected chi connectivity index (χ2v) is 5.02. The van der Waals surface area contributed by atoms with Crippen LogP contribution in [0.3, 0.4) is 0 Å². The van der Waals surface area contributed by atoms with E-state index in [0.29, 0.717) is 30.4 Å². The van der Waals surface area contributed by atoms with Crippen molar-refractivity contribution in [3.8, 4) is 11.8 Å². The zero-order valence-electron chi connectivity index (χ0n) is 12.1. The van der Waals surface area contributed by atoms with Crippen molar-refractivity contribution in [2.75, 3.05) is 13.7 Å². The van der Waals surface area contributed by atoms with Crippen molar-refractivity contribution in [3.63, 3.8) is 0 Å². The van der Waals surface area contributed by atoms with Gasteiger partial charge in [0.1, 0.15) is 11.8 Å². The number of benzene rings is 1. The van der Waals surface area contributed by atoms with Crippen LogP contribution >= 0.6 is 0 Å². The highest BCUT2D eigenvalue weighted by molar-refractivity contribution is 5.45. The lowest BCUT2D eigenvalue weighted by atomic mass is 10.1. The standard InChI is InChI=1S/C15H22N2O2/c1-11(2)17(9-12(3)18)10-13-5-6-15(19-4)14(7-13)8-16/h5-7,11-12,18H,9-10H2,1-4H3. The highest BCUT2D eigenvalue weighted by atomic mass is 16.5. The van der Waals surface area contributed by atoms with Crippen molar-refractivity contribution in [3.05, 3.63) is 29.3 Å². The minimum atomic E-state index is -0.365. The Bertz CT molecular complexity index is 450. The molecule has 0 amide bonds. The predicted molar refractivity (Wildman–Crippen MR) is 74.9 cm³/mol. The fourth-order valence-corrected chi connectivity index (χ4v) is 1.97. The van der Waals surface area contributed by atoms with E-state index in [-0.39, 0.29) is 6.10 Å². The molecule has 1 N–H and O–H groups in total. The molecule has 0 aromatic heterocycles. The Balaban J connectivity index is 2.88. The topological polar surface area (TPSA) is 56.5 Å². The van der Waals surface area contributed by atoms with Gasteiger partial charge in [-0.1, -0.05) is 6.07 Å². The summed E-state index contributed by atoms with van der Waals surface area (Å²) in [7, 11) is 1.56. The maximum absolute atomic E-state index is 9.52. The van der Waals surface area contributed by atoms with Crippen molar-refractivity contribution in [2.45, 2.75) is 39.5 Å². The largest absolute Gasteiger partial charge is 0.495 e. The Labute approximate surface area is 115 Å². The third-order valence-corrected chi connectivity index (χ3v) is 3.00. The first kappa shape index (κ1) is 15.5. The summed E-state index contributed by atoms with van der Waals surface area (Å²) in [6, 6.07) is 8.09. The number of aliphatic hydroxyl groups is 1. The summed E-state index contributed by atoms with van der Waals surface area (Å²) >= 11 is 0. The minimum Gasteiger partial charge on any atom is -0.495 e. The highest BCUT2D eigenvalue weighted by Gasteiger charge is 2.13. The van der Waals surface area contributed by atoms with Crippen LogP contribution in [0.5, 0.6) is 5.75 Å². The lowest BCUT2D eigenvalue weighted by molar-refractivity contribution is 0.103. The van der Waals surface area contributed by atoms with E-state index in [0.717, 1.165) is 5.56 Å². The Morgan fingerprint density at radius 1 is 1.37 bits per heavy atom. The zero-order valence-corrected chi connectivity index (χ0v) is 12.1. The molecule has 0 aliphatic carbocycles. The molecule has 1 rings (SSSR count). The summed E-state index contributed by atoms with van der Waals surface area (Å²) in [4.78, 5) is 2.17. The summed E-state index contributed by atoms with van der Waals surface area (Å²) in [5.41, 5.74) is 1.59. The first-order valence-corrected chi connectivity index (χ1v) is 6.47. The Morgan fingerprint density at radius 2 is 2.05 bits per heavy atom. The first-order valence-electron chi connectivity index (χ1n) is 6.47. The van der Waals surface area contributed by atoms with E-state index in [1.54, 1.807) is 14.0 Å². The van der Waals surface area contributed by atoms with Crippen molar-refractivity contribution >= 4 is 0 Å². The van der Waals surface area contributed by atoms with E-state index in [4.69, 9.17) is 10.00 Å². The molecule has 0 heterocycles. The third kappa shape index (κ3) is 4.55. The number of rotatable bonds is 6. The molecule has 0 spiro atoms. The molecule has 4 heteroatoms. The van der Waals surface area contributed by atoms with Gasteiger partial charge in [-0.25, -0.2) is 0 Å². The molecule has 0 aliphatic rings. The lowest BCUT2D eigenvalue weighted by Crippen LogP contribution is -2.36. The summed E-state index contributed by atoms with van der Waals surface area (Å²) < 4.78 is 5.13. The van der Waals surface area contributed by atoms with E-state index in [9.17, 15) is 5.11 Å². The molecule has 1 aromatic carbocycles. The van der Waals surface area contributed by atoms with Crippen molar-refractivity contribution < 1.29 is 9.84 Å². The van der Waals surface area contributed by atoms with Crippen LogP contribution in [-0.2, 0) is 6.54 Å². The van der Waals surface area contributed by atoms with E-state index < -0.39 is 0 Å². The van der Waals surface area contributed by atoms with Gasteiger partial charge in [0.15, 0.2) is 0 Å². The van der Waals surface area contributed by atoms with Gasteiger partial charge in [-0.3, -0.25) is 4.90 Å². The summed E-state index contributed by atoms with van der Waals surface area (Å²) in [6.07, 6.45) is -0.365. The second kappa shape index (κ2) is 7.13. The minimum absolute atomic E-state index is 0.335. The van der Waals surface area contributed by atoms with Gasteiger partial charge in [0.05, 0.1) is 18.8 Å². The molecule has 0 bridgehead atoms. The number of ether oxygens (including phenoxy) is 1. The molecule has 0 aliphatic heterocycles. The van der Waals surface area contributed by atoms with Crippen LogP contribution in [0.25, 0.3) is 0 Å². The van der Waals surface area contributed by atoms with Crippen LogP contribution in [0.4, 0.5) is 0 Å².